The van der Waals surface area contributed by atoms with Crippen LogP contribution in [0.3, 0.4) is 0 Å². The van der Waals surface area contributed by atoms with E-state index in [0.717, 1.165) is 57.6 Å². The number of nitrogens with one attached hydrogen (secondary N) is 2. The van der Waals surface area contributed by atoms with Crippen LogP contribution in [0.15, 0.2) is 4.99 Å². The Kier molecular flexibility index (Phi) is 8.12. The lowest BCUT2D eigenvalue weighted by Gasteiger charge is -2.31. The lowest BCUT2D eigenvalue weighted by Crippen LogP contribution is -2.45. The maximum absolute atomic E-state index is 12.7. The molecule has 2 N–H and O–H groups in total. The van der Waals surface area contributed by atoms with Crippen molar-refractivity contribution in [2.24, 2.45) is 16.3 Å². The second-order valence-corrected chi connectivity index (χ2v) is 10.4. The summed E-state index contributed by atoms with van der Waals surface area (Å²) in [6, 6.07) is 0. The van der Waals surface area contributed by atoms with Gasteiger partial charge >= 0.3 is 0 Å². The van der Waals surface area contributed by atoms with Crippen molar-refractivity contribution in [3.8, 4) is 0 Å². The normalized spacial score (nSPS) is 21.5. The van der Waals surface area contributed by atoms with E-state index in [-0.39, 0.29) is 11.3 Å². The minimum absolute atomic E-state index is 0.178. The first-order chi connectivity index (χ1) is 13.2. The SMILES string of the molecule is CCNC(=NCC1(C(=O)N(C)C)CCCC1)NCC1CCN(S(C)(=O)=O)CC1. The van der Waals surface area contributed by atoms with Crippen LogP contribution in [0.4, 0.5) is 0 Å². The van der Waals surface area contributed by atoms with Gasteiger partial charge in [-0.25, -0.2) is 12.7 Å². The molecule has 1 amide bonds. The van der Waals surface area contributed by atoms with Crippen molar-refractivity contribution in [1.82, 2.24) is 19.8 Å². The molecule has 1 aliphatic carbocycles. The van der Waals surface area contributed by atoms with Gasteiger partial charge in [-0.1, -0.05) is 12.8 Å². The number of nitrogens with zero attached hydrogens (tertiary/aromatic N) is 3. The van der Waals surface area contributed by atoms with Crippen LogP contribution in [-0.2, 0) is 14.8 Å². The summed E-state index contributed by atoms with van der Waals surface area (Å²) in [7, 11) is 0.547. The summed E-state index contributed by atoms with van der Waals surface area (Å²) in [5.74, 6) is 1.34. The van der Waals surface area contributed by atoms with E-state index in [1.165, 1.54) is 6.26 Å². The Morgan fingerprint density at radius 1 is 1.18 bits per heavy atom. The van der Waals surface area contributed by atoms with E-state index in [1.54, 1.807) is 9.21 Å². The average Bonchev–Trinajstić information content (AvgIpc) is 3.13. The van der Waals surface area contributed by atoms with Crippen LogP contribution in [0.5, 0.6) is 0 Å². The number of carbonyl (C=O) groups excluding carboxylic acids is 1. The van der Waals surface area contributed by atoms with Crippen LogP contribution in [0.25, 0.3) is 0 Å². The quantitative estimate of drug-likeness (QED) is 0.475. The second kappa shape index (κ2) is 9.91. The molecule has 2 aliphatic rings. The Morgan fingerprint density at radius 3 is 2.29 bits per heavy atom. The first kappa shape index (κ1) is 22.9. The van der Waals surface area contributed by atoms with Crippen molar-refractivity contribution in [2.75, 3.05) is 53.1 Å². The fraction of sp³-hybridized carbons (Fsp3) is 0.895. The Morgan fingerprint density at radius 2 is 1.79 bits per heavy atom. The fourth-order valence-electron chi connectivity index (χ4n) is 4.22. The van der Waals surface area contributed by atoms with Gasteiger partial charge in [0.05, 0.1) is 18.2 Å². The molecule has 0 unspecified atom stereocenters. The van der Waals surface area contributed by atoms with Crippen LogP contribution in [0.2, 0.25) is 0 Å². The summed E-state index contributed by atoms with van der Waals surface area (Å²) in [5, 5.41) is 6.67. The first-order valence-electron chi connectivity index (χ1n) is 10.4. The zero-order valence-electron chi connectivity index (χ0n) is 17.8. The van der Waals surface area contributed by atoms with Gasteiger partial charge in [-0.2, -0.15) is 0 Å². The van der Waals surface area contributed by atoms with Gasteiger partial charge < -0.3 is 15.5 Å². The third-order valence-electron chi connectivity index (χ3n) is 5.91. The van der Waals surface area contributed by atoms with Gasteiger partial charge in [-0.05, 0) is 38.5 Å². The highest BCUT2D eigenvalue weighted by Crippen LogP contribution is 2.39. The first-order valence-corrected chi connectivity index (χ1v) is 12.2. The van der Waals surface area contributed by atoms with Crippen LogP contribution < -0.4 is 10.6 Å². The summed E-state index contributed by atoms with van der Waals surface area (Å²) in [5.41, 5.74) is -0.368. The molecule has 1 saturated carbocycles. The van der Waals surface area contributed by atoms with E-state index < -0.39 is 10.0 Å². The Labute approximate surface area is 170 Å². The highest BCUT2D eigenvalue weighted by atomic mass is 32.2. The molecule has 0 spiro atoms. The zero-order chi connectivity index (χ0) is 20.8. The average molecular weight is 416 g/mol. The predicted molar refractivity (Wildman–Crippen MR) is 113 cm³/mol. The lowest BCUT2D eigenvalue weighted by molar-refractivity contribution is -0.138. The molecule has 0 atom stereocenters. The predicted octanol–water partition coefficient (Wildman–Crippen LogP) is 0.862. The molecule has 1 saturated heterocycles. The van der Waals surface area contributed by atoms with Gasteiger partial charge in [0.15, 0.2) is 5.96 Å². The molecule has 1 heterocycles. The third-order valence-corrected chi connectivity index (χ3v) is 7.21. The highest BCUT2D eigenvalue weighted by molar-refractivity contribution is 7.88. The lowest BCUT2D eigenvalue weighted by atomic mass is 9.85. The molecule has 0 aromatic carbocycles. The van der Waals surface area contributed by atoms with Crippen molar-refractivity contribution in [3.63, 3.8) is 0 Å². The number of carbonyl (C=O) groups is 1. The summed E-state index contributed by atoms with van der Waals surface area (Å²) < 4.78 is 24.8. The Bertz CT molecular complexity index is 648. The smallest absolute Gasteiger partial charge is 0.230 e. The number of amides is 1. The number of hydrogen-bond donors (Lipinski definition) is 2. The van der Waals surface area contributed by atoms with Crippen molar-refractivity contribution in [3.05, 3.63) is 0 Å². The van der Waals surface area contributed by atoms with Gasteiger partial charge in [0, 0.05) is 40.3 Å². The zero-order valence-corrected chi connectivity index (χ0v) is 18.6. The molecular weight excluding hydrogens is 378 g/mol. The van der Waals surface area contributed by atoms with E-state index in [0.29, 0.717) is 25.6 Å². The molecule has 0 bridgehead atoms. The summed E-state index contributed by atoms with van der Waals surface area (Å²) in [4.78, 5) is 19.2. The van der Waals surface area contributed by atoms with E-state index in [9.17, 15) is 13.2 Å². The fourth-order valence-corrected chi connectivity index (χ4v) is 5.10. The molecule has 2 rings (SSSR count). The van der Waals surface area contributed by atoms with Crippen molar-refractivity contribution in [1.29, 1.82) is 0 Å². The van der Waals surface area contributed by atoms with E-state index in [1.807, 2.05) is 21.0 Å². The molecule has 1 aliphatic heterocycles. The number of aliphatic imine (C=N–C) groups is 1. The number of rotatable bonds is 7. The molecule has 9 heteroatoms. The second-order valence-electron chi connectivity index (χ2n) is 8.37. The Balaban J connectivity index is 1.93. The molecular formula is C19H37N5O3S. The molecule has 8 nitrogen and oxygen atoms in total. The van der Waals surface area contributed by atoms with Crippen molar-refractivity contribution >= 4 is 21.9 Å². The molecule has 162 valence electrons. The minimum atomic E-state index is -3.09. The summed E-state index contributed by atoms with van der Waals surface area (Å²) in [6.07, 6.45) is 6.93. The van der Waals surface area contributed by atoms with E-state index >= 15 is 0 Å². The molecule has 0 aromatic rings. The van der Waals surface area contributed by atoms with E-state index in [2.05, 4.69) is 10.6 Å². The summed E-state index contributed by atoms with van der Waals surface area (Å²) >= 11 is 0. The van der Waals surface area contributed by atoms with Gasteiger partial charge in [0.25, 0.3) is 0 Å². The third kappa shape index (κ3) is 6.07. The summed E-state index contributed by atoms with van der Waals surface area (Å²) in [6.45, 7) is 5.22. The number of guanidine groups is 1. The number of sulfonamides is 1. The van der Waals surface area contributed by atoms with Crippen molar-refractivity contribution in [2.45, 2.75) is 45.4 Å². The topological polar surface area (TPSA) is 94.1 Å². The number of hydrogen-bond acceptors (Lipinski definition) is 4. The minimum Gasteiger partial charge on any atom is -0.357 e. The maximum atomic E-state index is 12.7. The Hall–Kier alpha value is -1.35. The molecule has 28 heavy (non-hydrogen) atoms. The maximum Gasteiger partial charge on any atom is 0.230 e. The molecule has 0 aromatic heterocycles. The van der Waals surface area contributed by atoms with Crippen LogP contribution in [-0.4, -0.2) is 82.6 Å². The van der Waals surface area contributed by atoms with Gasteiger partial charge in [0.1, 0.15) is 0 Å². The van der Waals surface area contributed by atoms with Crippen LogP contribution >= 0.6 is 0 Å². The van der Waals surface area contributed by atoms with E-state index in [4.69, 9.17) is 4.99 Å². The van der Waals surface area contributed by atoms with Crippen molar-refractivity contribution < 1.29 is 13.2 Å². The standard InChI is InChI=1S/C19H37N5O3S/c1-5-20-18(21-14-16-8-12-24(13-9-16)28(4,26)27)22-15-19(10-6-7-11-19)17(25)23(2)3/h16H,5-15H2,1-4H3,(H2,20,21,22). The van der Waals surface area contributed by atoms with Gasteiger partial charge in [-0.15, -0.1) is 0 Å². The molecule has 0 radical (unpaired) electrons. The van der Waals surface area contributed by atoms with Gasteiger partial charge in [-0.3, -0.25) is 9.79 Å². The van der Waals surface area contributed by atoms with Crippen LogP contribution in [0, 0.1) is 11.3 Å². The highest BCUT2D eigenvalue weighted by Gasteiger charge is 2.42. The van der Waals surface area contributed by atoms with Gasteiger partial charge in [0.2, 0.25) is 15.9 Å². The van der Waals surface area contributed by atoms with Crippen LogP contribution in [0.1, 0.15) is 45.4 Å². The number of piperidine rings is 1. The largest absolute Gasteiger partial charge is 0.357 e. The molecule has 2 fully saturated rings. The monoisotopic (exact) mass is 415 g/mol.